The summed E-state index contributed by atoms with van der Waals surface area (Å²) >= 11 is 0. The van der Waals surface area contributed by atoms with Gasteiger partial charge in [0, 0.05) is 19.2 Å². The monoisotopic (exact) mass is 283 g/mol. The second-order valence-corrected chi connectivity index (χ2v) is 5.22. The minimum atomic E-state index is 0.102. The molecule has 0 spiro atoms. The van der Waals surface area contributed by atoms with Crippen LogP contribution in [-0.2, 0) is 17.8 Å². The summed E-state index contributed by atoms with van der Waals surface area (Å²) in [4.78, 5) is 14.0. The van der Waals surface area contributed by atoms with Crippen LogP contribution in [0.3, 0.4) is 0 Å². The fourth-order valence-corrected chi connectivity index (χ4v) is 2.19. The van der Waals surface area contributed by atoms with Gasteiger partial charge in [-0.25, -0.2) is 0 Å². The van der Waals surface area contributed by atoms with Crippen molar-refractivity contribution in [1.82, 2.24) is 4.90 Å². The number of para-hydroxylation sites is 1. The lowest BCUT2D eigenvalue weighted by Crippen LogP contribution is -2.27. The van der Waals surface area contributed by atoms with Crippen LogP contribution in [0.1, 0.15) is 16.7 Å². The van der Waals surface area contributed by atoms with Gasteiger partial charge in [-0.05, 0) is 18.6 Å². The number of amides is 1. The maximum Gasteiger partial charge on any atom is 0.227 e. The van der Waals surface area contributed by atoms with Crippen LogP contribution in [0.15, 0.2) is 48.5 Å². The van der Waals surface area contributed by atoms with Gasteiger partial charge in [-0.15, -0.1) is 0 Å². The molecule has 2 aromatic carbocycles. The summed E-state index contributed by atoms with van der Waals surface area (Å²) in [6.45, 7) is 2.59. The van der Waals surface area contributed by atoms with Gasteiger partial charge in [-0.1, -0.05) is 48.0 Å². The number of hydrogen-bond donors (Lipinski definition) is 0. The number of nitrogens with zero attached hydrogens (tertiary/aromatic N) is 1. The van der Waals surface area contributed by atoms with E-state index in [1.54, 1.807) is 12.0 Å². The second-order valence-electron chi connectivity index (χ2n) is 5.22. The quantitative estimate of drug-likeness (QED) is 0.843. The Hall–Kier alpha value is -2.29. The Bertz CT molecular complexity index is 605. The molecular weight excluding hydrogens is 262 g/mol. The molecule has 21 heavy (non-hydrogen) atoms. The Balaban J connectivity index is 2.01. The molecule has 0 heterocycles. The fourth-order valence-electron chi connectivity index (χ4n) is 2.19. The van der Waals surface area contributed by atoms with Crippen molar-refractivity contribution >= 4 is 5.91 Å². The van der Waals surface area contributed by atoms with Gasteiger partial charge < -0.3 is 9.64 Å². The molecule has 0 atom stereocenters. The lowest BCUT2D eigenvalue weighted by Gasteiger charge is -2.19. The SMILES string of the molecule is COc1ccccc1CN(C)C(=O)Cc1ccc(C)cc1. The number of likely N-dealkylation sites (N-methyl/N-ethyl adjacent to an activating group) is 1. The van der Waals surface area contributed by atoms with Crippen LogP contribution in [0, 0.1) is 6.92 Å². The minimum Gasteiger partial charge on any atom is -0.496 e. The van der Waals surface area contributed by atoms with Gasteiger partial charge in [0.15, 0.2) is 0 Å². The van der Waals surface area contributed by atoms with E-state index in [-0.39, 0.29) is 5.91 Å². The smallest absolute Gasteiger partial charge is 0.227 e. The number of aryl methyl sites for hydroxylation is 1. The third kappa shape index (κ3) is 4.09. The molecule has 0 bridgehead atoms. The molecule has 3 heteroatoms. The normalized spacial score (nSPS) is 10.2. The number of benzene rings is 2. The van der Waals surface area contributed by atoms with E-state index in [1.165, 1.54) is 5.56 Å². The van der Waals surface area contributed by atoms with E-state index in [9.17, 15) is 4.79 Å². The molecule has 0 aliphatic rings. The summed E-state index contributed by atoms with van der Waals surface area (Å²) in [7, 11) is 3.47. The van der Waals surface area contributed by atoms with Gasteiger partial charge in [-0.2, -0.15) is 0 Å². The Labute approximate surface area is 126 Å². The number of rotatable bonds is 5. The van der Waals surface area contributed by atoms with E-state index in [0.29, 0.717) is 13.0 Å². The minimum absolute atomic E-state index is 0.102. The van der Waals surface area contributed by atoms with Crippen molar-refractivity contribution in [3.63, 3.8) is 0 Å². The molecule has 0 saturated heterocycles. The van der Waals surface area contributed by atoms with Gasteiger partial charge in [0.1, 0.15) is 5.75 Å². The molecule has 0 aliphatic carbocycles. The van der Waals surface area contributed by atoms with Crippen LogP contribution >= 0.6 is 0 Å². The van der Waals surface area contributed by atoms with E-state index in [0.717, 1.165) is 16.9 Å². The summed E-state index contributed by atoms with van der Waals surface area (Å²) in [5.41, 5.74) is 3.26. The third-order valence-corrected chi connectivity index (χ3v) is 3.50. The van der Waals surface area contributed by atoms with Crippen molar-refractivity contribution < 1.29 is 9.53 Å². The molecule has 2 rings (SSSR count). The van der Waals surface area contributed by atoms with Crippen molar-refractivity contribution in [1.29, 1.82) is 0 Å². The van der Waals surface area contributed by atoms with Crippen LogP contribution < -0.4 is 4.74 Å². The molecular formula is C18H21NO2. The molecule has 1 amide bonds. The van der Waals surface area contributed by atoms with Crippen molar-refractivity contribution in [2.45, 2.75) is 19.9 Å². The topological polar surface area (TPSA) is 29.5 Å². The first-order chi connectivity index (χ1) is 10.1. The highest BCUT2D eigenvalue weighted by Crippen LogP contribution is 2.19. The Morgan fingerprint density at radius 1 is 1.10 bits per heavy atom. The second kappa shape index (κ2) is 6.93. The van der Waals surface area contributed by atoms with Crippen molar-refractivity contribution in [3.05, 3.63) is 65.2 Å². The highest BCUT2D eigenvalue weighted by molar-refractivity contribution is 5.78. The van der Waals surface area contributed by atoms with Crippen molar-refractivity contribution in [3.8, 4) is 5.75 Å². The molecule has 0 aliphatic heterocycles. The molecule has 110 valence electrons. The van der Waals surface area contributed by atoms with Gasteiger partial charge >= 0.3 is 0 Å². The zero-order valence-electron chi connectivity index (χ0n) is 12.8. The predicted molar refractivity (Wildman–Crippen MR) is 84.4 cm³/mol. The molecule has 0 N–H and O–H groups in total. The molecule has 3 nitrogen and oxygen atoms in total. The van der Waals surface area contributed by atoms with Crippen molar-refractivity contribution in [2.24, 2.45) is 0 Å². The molecule has 0 saturated carbocycles. The number of ether oxygens (including phenoxy) is 1. The Morgan fingerprint density at radius 2 is 1.76 bits per heavy atom. The maximum absolute atomic E-state index is 12.3. The van der Waals surface area contributed by atoms with Crippen molar-refractivity contribution in [2.75, 3.05) is 14.2 Å². The highest BCUT2D eigenvalue weighted by Gasteiger charge is 2.12. The lowest BCUT2D eigenvalue weighted by atomic mass is 10.1. The summed E-state index contributed by atoms with van der Waals surface area (Å²) in [5, 5.41) is 0. The number of carbonyl (C=O) groups excluding carboxylic acids is 1. The first-order valence-corrected chi connectivity index (χ1v) is 7.01. The predicted octanol–water partition coefficient (Wildman–Crippen LogP) is 3.20. The number of carbonyl (C=O) groups is 1. The molecule has 0 unspecified atom stereocenters. The van der Waals surface area contributed by atoms with Gasteiger partial charge in [0.05, 0.1) is 13.5 Å². The lowest BCUT2D eigenvalue weighted by molar-refractivity contribution is -0.129. The van der Waals surface area contributed by atoms with E-state index in [2.05, 4.69) is 0 Å². The van der Waals surface area contributed by atoms with Gasteiger partial charge in [0.2, 0.25) is 5.91 Å². The van der Waals surface area contributed by atoms with Crippen LogP contribution in [0.25, 0.3) is 0 Å². The van der Waals surface area contributed by atoms with Crippen LogP contribution in [-0.4, -0.2) is 25.0 Å². The fraction of sp³-hybridized carbons (Fsp3) is 0.278. The first kappa shape index (κ1) is 15.1. The molecule has 0 radical (unpaired) electrons. The summed E-state index contributed by atoms with van der Waals surface area (Å²) in [5.74, 6) is 0.914. The zero-order chi connectivity index (χ0) is 15.2. The number of hydrogen-bond acceptors (Lipinski definition) is 2. The van der Waals surface area contributed by atoms with Crippen LogP contribution in [0.2, 0.25) is 0 Å². The molecule has 2 aromatic rings. The summed E-state index contributed by atoms with van der Waals surface area (Å²) < 4.78 is 5.32. The standard InChI is InChI=1S/C18H21NO2/c1-14-8-10-15(11-9-14)12-18(20)19(2)13-16-6-4-5-7-17(16)21-3/h4-11H,12-13H2,1-3H3. The van der Waals surface area contributed by atoms with Gasteiger partial charge in [0.25, 0.3) is 0 Å². The van der Waals surface area contributed by atoms with Crippen LogP contribution in [0.4, 0.5) is 0 Å². The van der Waals surface area contributed by atoms with E-state index in [4.69, 9.17) is 4.74 Å². The van der Waals surface area contributed by atoms with E-state index >= 15 is 0 Å². The molecule has 0 fully saturated rings. The van der Waals surface area contributed by atoms with E-state index in [1.807, 2.05) is 62.5 Å². The highest BCUT2D eigenvalue weighted by atomic mass is 16.5. The zero-order valence-corrected chi connectivity index (χ0v) is 12.8. The average molecular weight is 283 g/mol. The number of methoxy groups -OCH3 is 1. The Kier molecular flexibility index (Phi) is 4.99. The maximum atomic E-state index is 12.3. The molecule has 0 aromatic heterocycles. The van der Waals surface area contributed by atoms with Gasteiger partial charge in [-0.3, -0.25) is 4.79 Å². The van der Waals surface area contributed by atoms with E-state index < -0.39 is 0 Å². The average Bonchev–Trinajstić information content (AvgIpc) is 2.50. The third-order valence-electron chi connectivity index (χ3n) is 3.50. The summed E-state index contributed by atoms with van der Waals surface area (Å²) in [6.07, 6.45) is 0.423. The first-order valence-electron chi connectivity index (χ1n) is 7.01. The summed E-state index contributed by atoms with van der Waals surface area (Å²) in [6, 6.07) is 15.8. The largest absolute Gasteiger partial charge is 0.496 e. The Morgan fingerprint density at radius 3 is 2.43 bits per heavy atom. The van der Waals surface area contributed by atoms with Crippen LogP contribution in [0.5, 0.6) is 5.75 Å².